The molecule has 1 aromatic heterocycles. The summed E-state index contributed by atoms with van der Waals surface area (Å²) in [4.78, 5) is 33.1. The van der Waals surface area contributed by atoms with E-state index in [9.17, 15) is 9.59 Å². The average molecular weight is 613 g/mol. The van der Waals surface area contributed by atoms with Crippen LogP contribution < -0.4 is 14.2 Å². The molecule has 230 valence electrons. The number of aromatic nitrogens is 1. The number of halogens is 1. The predicted octanol–water partition coefficient (Wildman–Crippen LogP) is 4.82. The van der Waals surface area contributed by atoms with Crippen molar-refractivity contribution in [3.05, 3.63) is 52.2 Å². The number of ether oxygens (including phenoxy) is 6. The zero-order valence-electron chi connectivity index (χ0n) is 25.0. The van der Waals surface area contributed by atoms with Crippen LogP contribution in [0.3, 0.4) is 0 Å². The molecule has 6 rings (SSSR count). The molecule has 3 heterocycles. The van der Waals surface area contributed by atoms with Crippen LogP contribution in [0.15, 0.2) is 30.3 Å². The standard InChI is InChI=1S/C32H37ClN2O8/c1-38-24-10-16(11-25(39-2)29(24)40-3)31(36)43-26-12-17-15-35-9-8-19-21-13-18(33)6-7-22(21)34-28(19)23(35)14-20(17)27(30(26)41-4)32(37)42-5/h6-7,10-11,13,17,20,23,26-27,30,34H,8-9,12,14-15H2,1-5H3/t17-,20+,23-,26-,27+,30+/m1/s1. The first kappa shape index (κ1) is 29.6. The molecule has 1 saturated heterocycles. The number of benzene rings is 2. The third kappa shape index (κ3) is 5.09. The Morgan fingerprint density at radius 3 is 2.37 bits per heavy atom. The fourth-order valence-corrected chi connectivity index (χ4v) is 7.79. The fourth-order valence-electron chi connectivity index (χ4n) is 7.62. The van der Waals surface area contributed by atoms with Gasteiger partial charge in [-0.15, -0.1) is 0 Å². The molecule has 0 unspecified atom stereocenters. The van der Waals surface area contributed by atoms with Crippen LogP contribution in [-0.4, -0.2) is 82.7 Å². The van der Waals surface area contributed by atoms with Gasteiger partial charge < -0.3 is 33.4 Å². The van der Waals surface area contributed by atoms with Gasteiger partial charge in [0.05, 0.1) is 46.0 Å². The summed E-state index contributed by atoms with van der Waals surface area (Å²) in [6.07, 6.45) is 0.894. The number of aromatic amines is 1. The van der Waals surface area contributed by atoms with Gasteiger partial charge in [0.15, 0.2) is 11.5 Å². The molecular weight excluding hydrogens is 576 g/mol. The molecular formula is C32H37ClN2O8. The number of rotatable bonds is 7. The van der Waals surface area contributed by atoms with Crippen LogP contribution in [0, 0.1) is 17.8 Å². The molecule has 3 aliphatic rings. The molecule has 1 N–H and O–H groups in total. The Morgan fingerprint density at radius 2 is 1.72 bits per heavy atom. The predicted molar refractivity (Wildman–Crippen MR) is 159 cm³/mol. The highest BCUT2D eigenvalue weighted by Gasteiger charge is 2.54. The van der Waals surface area contributed by atoms with Gasteiger partial charge in [-0.2, -0.15) is 0 Å². The lowest BCUT2D eigenvalue weighted by molar-refractivity contribution is -0.176. The Bertz CT molecular complexity index is 1510. The van der Waals surface area contributed by atoms with E-state index in [1.807, 2.05) is 18.2 Å². The number of nitrogens with zero attached hydrogens (tertiary/aromatic N) is 1. The SMILES string of the molecule is COC(=O)[C@H]1[C@H]2C[C@@H]3c4[nH]c5ccc(Cl)cc5c4CCN3C[C@H]2C[C@@H](OC(=O)c2cc(OC)c(OC)c(OC)c2)[C@@H]1OC. The van der Waals surface area contributed by atoms with Crippen molar-refractivity contribution < 1.29 is 38.0 Å². The Kier molecular flexibility index (Phi) is 8.19. The van der Waals surface area contributed by atoms with E-state index in [1.54, 1.807) is 19.2 Å². The number of carbonyl (C=O) groups is 2. The molecule has 0 spiro atoms. The molecule has 0 bridgehead atoms. The highest BCUT2D eigenvalue weighted by atomic mass is 35.5. The van der Waals surface area contributed by atoms with Crippen molar-refractivity contribution in [2.75, 3.05) is 48.6 Å². The number of hydrogen-bond donors (Lipinski definition) is 1. The average Bonchev–Trinajstić information content (AvgIpc) is 3.40. The van der Waals surface area contributed by atoms with Gasteiger partial charge in [0.1, 0.15) is 12.2 Å². The van der Waals surface area contributed by atoms with Crippen molar-refractivity contribution >= 4 is 34.4 Å². The summed E-state index contributed by atoms with van der Waals surface area (Å²) in [6.45, 7) is 1.67. The molecule has 11 heteroatoms. The van der Waals surface area contributed by atoms with Gasteiger partial charge in [0.2, 0.25) is 5.75 Å². The second-order valence-electron chi connectivity index (χ2n) is 11.5. The van der Waals surface area contributed by atoms with E-state index < -0.39 is 24.1 Å². The molecule has 10 nitrogen and oxygen atoms in total. The van der Waals surface area contributed by atoms with Crippen molar-refractivity contribution in [1.82, 2.24) is 9.88 Å². The summed E-state index contributed by atoms with van der Waals surface area (Å²) in [7, 11) is 7.42. The van der Waals surface area contributed by atoms with E-state index in [4.69, 9.17) is 40.0 Å². The number of fused-ring (bicyclic) bond motifs is 6. The lowest BCUT2D eigenvalue weighted by atomic mass is 9.63. The maximum absolute atomic E-state index is 13.5. The number of hydrogen-bond acceptors (Lipinski definition) is 9. The monoisotopic (exact) mass is 612 g/mol. The first-order valence-electron chi connectivity index (χ1n) is 14.5. The number of nitrogens with one attached hydrogen (secondary N) is 1. The molecule has 0 radical (unpaired) electrons. The van der Waals surface area contributed by atoms with Crippen LogP contribution in [0.2, 0.25) is 5.02 Å². The van der Waals surface area contributed by atoms with Crippen LogP contribution in [0.4, 0.5) is 0 Å². The van der Waals surface area contributed by atoms with E-state index in [2.05, 4.69) is 9.88 Å². The first-order chi connectivity index (χ1) is 20.8. The number of piperidine rings is 1. The highest BCUT2D eigenvalue weighted by molar-refractivity contribution is 6.31. The number of methoxy groups -OCH3 is 5. The van der Waals surface area contributed by atoms with Crippen LogP contribution in [0.25, 0.3) is 10.9 Å². The maximum Gasteiger partial charge on any atom is 0.338 e. The molecule has 6 atom stereocenters. The normalized spacial score (nSPS) is 26.6. The third-order valence-corrected chi connectivity index (χ3v) is 9.75. The van der Waals surface area contributed by atoms with Gasteiger partial charge in [-0.1, -0.05) is 11.6 Å². The Labute approximate surface area is 255 Å². The molecule has 2 fully saturated rings. The minimum Gasteiger partial charge on any atom is -0.493 e. The molecule has 2 aliphatic heterocycles. The summed E-state index contributed by atoms with van der Waals surface area (Å²) < 4.78 is 33.6. The molecule has 2 aromatic carbocycles. The number of carbonyl (C=O) groups excluding carboxylic acids is 2. The largest absolute Gasteiger partial charge is 0.493 e. The van der Waals surface area contributed by atoms with Crippen LogP contribution in [0.1, 0.15) is 40.5 Å². The fraction of sp³-hybridized carbons (Fsp3) is 0.500. The van der Waals surface area contributed by atoms with Gasteiger partial charge in [-0.25, -0.2) is 4.79 Å². The van der Waals surface area contributed by atoms with Gasteiger partial charge in [-0.05, 0) is 67.0 Å². The van der Waals surface area contributed by atoms with Crippen molar-refractivity contribution in [2.24, 2.45) is 17.8 Å². The van der Waals surface area contributed by atoms with Crippen LogP contribution >= 0.6 is 11.6 Å². The zero-order valence-corrected chi connectivity index (χ0v) is 25.7. The summed E-state index contributed by atoms with van der Waals surface area (Å²) in [6, 6.07) is 9.19. The van der Waals surface area contributed by atoms with Crippen molar-refractivity contribution in [1.29, 1.82) is 0 Å². The first-order valence-corrected chi connectivity index (χ1v) is 14.8. The Balaban J connectivity index is 1.30. The lowest BCUT2D eigenvalue weighted by Crippen LogP contribution is -2.58. The quantitative estimate of drug-likeness (QED) is 0.376. The van der Waals surface area contributed by atoms with Crippen LogP contribution in [0.5, 0.6) is 17.2 Å². The third-order valence-electron chi connectivity index (χ3n) is 9.52. The molecule has 1 aliphatic carbocycles. The summed E-state index contributed by atoms with van der Waals surface area (Å²) >= 11 is 6.34. The summed E-state index contributed by atoms with van der Waals surface area (Å²) in [5, 5.41) is 1.87. The topological polar surface area (TPSA) is 109 Å². The van der Waals surface area contributed by atoms with Crippen molar-refractivity contribution in [3.8, 4) is 17.2 Å². The van der Waals surface area contributed by atoms with Crippen LogP contribution in [-0.2, 0) is 25.4 Å². The number of esters is 2. The minimum atomic E-state index is -0.671. The number of H-pyrrole nitrogens is 1. The van der Waals surface area contributed by atoms with Gasteiger partial charge >= 0.3 is 11.9 Å². The van der Waals surface area contributed by atoms with Crippen molar-refractivity contribution in [3.63, 3.8) is 0 Å². The molecule has 3 aromatic rings. The van der Waals surface area contributed by atoms with Gasteiger partial charge in [0.25, 0.3) is 0 Å². The lowest BCUT2D eigenvalue weighted by Gasteiger charge is -2.52. The smallest absolute Gasteiger partial charge is 0.338 e. The molecule has 43 heavy (non-hydrogen) atoms. The Hall–Kier alpha value is -3.47. The maximum atomic E-state index is 13.5. The van der Waals surface area contributed by atoms with Gasteiger partial charge in [-0.3, -0.25) is 9.69 Å². The molecule has 1 saturated carbocycles. The van der Waals surface area contributed by atoms with E-state index >= 15 is 0 Å². The van der Waals surface area contributed by atoms with E-state index in [-0.39, 0.29) is 29.4 Å². The summed E-state index contributed by atoms with van der Waals surface area (Å²) in [5.74, 6) is -0.379. The second-order valence-corrected chi connectivity index (χ2v) is 11.9. The minimum absolute atomic E-state index is 0.0178. The van der Waals surface area contributed by atoms with Crippen molar-refractivity contribution in [2.45, 2.75) is 37.5 Å². The van der Waals surface area contributed by atoms with E-state index in [0.29, 0.717) is 28.7 Å². The summed E-state index contributed by atoms with van der Waals surface area (Å²) in [5.41, 5.74) is 3.80. The Morgan fingerprint density at radius 1 is 0.977 bits per heavy atom. The van der Waals surface area contributed by atoms with E-state index in [1.165, 1.54) is 39.7 Å². The molecule has 0 amide bonds. The highest BCUT2D eigenvalue weighted by Crippen LogP contribution is 2.50. The zero-order chi connectivity index (χ0) is 30.4. The second kappa shape index (κ2) is 11.9. The van der Waals surface area contributed by atoms with Gasteiger partial charge in [0, 0.05) is 41.8 Å². The van der Waals surface area contributed by atoms with E-state index in [0.717, 1.165) is 36.8 Å².